The Morgan fingerprint density at radius 1 is 1.28 bits per heavy atom. The third-order valence-electron chi connectivity index (χ3n) is 4.34. The van der Waals surface area contributed by atoms with Gasteiger partial charge in [-0.05, 0) is 25.1 Å². The minimum Gasteiger partial charge on any atom is -0.350 e. The molecule has 0 spiro atoms. The fourth-order valence-electron chi connectivity index (χ4n) is 2.73. The summed E-state index contributed by atoms with van der Waals surface area (Å²) in [6.45, 7) is 2.76. The van der Waals surface area contributed by atoms with Gasteiger partial charge < -0.3 is 15.2 Å². The standard InChI is InChI=1S/C17H18F2N4O2/c1-10-3-4-11(22(10)2)9-21-16(24)12-7-15(14(19)8-13(12)18)23-6-5-20-17(23)25/h3-4,7-8H,5-6,9H2,1-2H3,(H,20,25)(H,21,24). The molecule has 25 heavy (non-hydrogen) atoms. The Balaban J connectivity index is 1.82. The smallest absolute Gasteiger partial charge is 0.322 e. The minimum atomic E-state index is -0.971. The average molecular weight is 348 g/mol. The van der Waals surface area contributed by atoms with Crippen molar-refractivity contribution in [2.45, 2.75) is 13.5 Å². The molecule has 0 atom stereocenters. The van der Waals surface area contributed by atoms with Gasteiger partial charge >= 0.3 is 6.03 Å². The summed E-state index contributed by atoms with van der Waals surface area (Å²) >= 11 is 0. The lowest BCUT2D eigenvalue weighted by Crippen LogP contribution is -2.30. The molecule has 3 amide bonds. The second kappa shape index (κ2) is 6.54. The maximum absolute atomic E-state index is 14.0. The quantitative estimate of drug-likeness (QED) is 0.888. The third-order valence-corrected chi connectivity index (χ3v) is 4.34. The van der Waals surface area contributed by atoms with E-state index >= 15 is 0 Å². The van der Waals surface area contributed by atoms with Gasteiger partial charge in [0.1, 0.15) is 11.6 Å². The molecule has 132 valence electrons. The molecule has 8 heteroatoms. The number of benzene rings is 1. The van der Waals surface area contributed by atoms with Crippen LogP contribution in [0.2, 0.25) is 0 Å². The van der Waals surface area contributed by atoms with Crippen molar-refractivity contribution in [2.75, 3.05) is 18.0 Å². The first-order chi connectivity index (χ1) is 11.9. The molecular weight excluding hydrogens is 330 g/mol. The number of hydrogen-bond acceptors (Lipinski definition) is 2. The largest absolute Gasteiger partial charge is 0.350 e. The van der Waals surface area contributed by atoms with E-state index in [1.807, 2.05) is 30.7 Å². The highest BCUT2D eigenvalue weighted by Crippen LogP contribution is 2.25. The van der Waals surface area contributed by atoms with Gasteiger partial charge in [0.25, 0.3) is 5.91 Å². The van der Waals surface area contributed by atoms with Crippen molar-refractivity contribution in [3.05, 3.63) is 52.9 Å². The zero-order valence-electron chi connectivity index (χ0n) is 13.9. The number of aryl methyl sites for hydroxylation is 1. The molecule has 1 saturated heterocycles. The van der Waals surface area contributed by atoms with Crippen LogP contribution in [-0.2, 0) is 13.6 Å². The molecule has 1 aliphatic heterocycles. The van der Waals surface area contributed by atoms with Gasteiger partial charge in [-0.25, -0.2) is 13.6 Å². The van der Waals surface area contributed by atoms with Crippen LogP contribution in [0.15, 0.2) is 24.3 Å². The lowest BCUT2D eigenvalue weighted by molar-refractivity contribution is 0.0946. The fourth-order valence-corrected chi connectivity index (χ4v) is 2.73. The van der Waals surface area contributed by atoms with Crippen molar-refractivity contribution in [1.29, 1.82) is 0 Å². The zero-order valence-corrected chi connectivity index (χ0v) is 13.9. The van der Waals surface area contributed by atoms with E-state index in [0.29, 0.717) is 12.6 Å². The Kier molecular flexibility index (Phi) is 4.43. The average Bonchev–Trinajstić information content (AvgIpc) is 3.12. The number of aromatic nitrogens is 1. The molecule has 2 heterocycles. The Hall–Kier alpha value is -2.90. The molecular formula is C17H18F2N4O2. The first kappa shape index (κ1) is 16.9. The molecule has 0 aliphatic carbocycles. The molecule has 2 N–H and O–H groups in total. The molecule has 0 saturated carbocycles. The summed E-state index contributed by atoms with van der Waals surface area (Å²) in [7, 11) is 1.86. The molecule has 1 aromatic carbocycles. The summed E-state index contributed by atoms with van der Waals surface area (Å²) in [5.74, 6) is -2.53. The zero-order chi connectivity index (χ0) is 18.1. The van der Waals surface area contributed by atoms with Crippen molar-refractivity contribution in [2.24, 2.45) is 7.05 Å². The number of amides is 3. The second-order valence-corrected chi connectivity index (χ2v) is 5.87. The van der Waals surface area contributed by atoms with E-state index in [1.54, 1.807) is 0 Å². The van der Waals surface area contributed by atoms with E-state index < -0.39 is 23.6 Å². The van der Waals surface area contributed by atoms with Crippen molar-refractivity contribution in [3.63, 3.8) is 0 Å². The van der Waals surface area contributed by atoms with Gasteiger partial charge in [-0.2, -0.15) is 0 Å². The number of hydrogen-bond donors (Lipinski definition) is 2. The van der Waals surface area contributed by atoms with Gasteiger partial charge in [-0.3, -0.25) is 9.69 Å². The second-order valence-electron chi connectivity index (χ2n) is 5.87. The van der Waals surface area contributed by atoms with Crippen LogP contribution >= 0.6 is 0 Å². The summed E-state index contributed by atoms with van der Waals surface area (Å²) in [6.07, 6.45) is 0. The van der Waals surface area contributed by atoms with Gasteiger partial charge in [-0.1, -0.05) is 0 Å². The lowest BCUT2D eigenvalue weighted by Gasteiger charge is -2.17. The van der Waals surface area contributed by atoms with E-state index in [4.69, 9.17) is 0 Å². The first-order valence-corrected chi connectivity index (χ1v) is 7.82. The molecule has 1 fully saturated rings. The Morgan fingerprint density at radius 2 is 2.04 bits per heavy atom. The van der Waals surface area contributed by atoms with Crippen LogP contribution in [0, 0.1) is 18.6 Å². The van der Waals surface area contributed by atoms with Crippen molar-refractivity contribution >= 4 is 17.6 Å². The van der Waals surface area contributed by atoms with E-state index in [2.05, 4.69) is 10.6 Å². The summed E-state index contributed by atoms with van der Waals surface area (Å²) in [6, 6.07) is 4.99. The normalized spacial score (nSPS) is 13.9. The monoisotopic (exact) mass is 348 g/mol. The maximum Gasteiger partial charge on any atom is 0.322 e. The maximum atomic E-state index is 14.0. The molecule has 6 nitrogen and oxygen atoms in total. The topological polar surface area (TPSA) is 66.4 Å². The van der Waals surface area contributed by atoms with Crippen LogP contribution in [0.4, 0.5) is 19.3 Å². The summed E-state index contributed by atoms with van der Waals surface area (Å²) in [5, 5.41) is 5.15. The Morgan fingerprint density at radius 3 is 2.64 bits per heavy atom. The van der Waals surface area contributed by atoms with E-state index in [0.717, 1.165) is 22.4 Å². The van der Waals surface area contributed by atoms with Gasteiger partial charge in [0.15, 0.2) is 0 Å². The number of anilines is 1. The Bertz CT molecular complexity index is 847. The fraction of sp³-hybridized carbons (Fsp3) is 0.294. The number of urea groups is 1. The van der Waals surface area contributed by atoms with Crippen LogP contribution < -0.4 is 15.5 Å². The molecule has 1 aliphatic rings. The molecule has 1 aromatic heterocycles. The molecule has 2 aromatic rings. The van der Waals surface area contributed by atoms with Gasteiger partial charge in [0, 0.05) is 37.6 Å². The van der Waals surface area contributed by atoms with Gasteiger partial charge in [0.05, 0.1) is 17.8 Å². The number of nitrogens with one attached hydrogen (secondary N) is 2. The number of nitrogens with zero attached hydrogens (tertiary/aromatic N) is 2. The first-order valence-electron chi connectivity index (χ1n) is 7.82. The van der Waals surface area contributed by atoms with Crippen LogP contribution in [0.25, 0.3) is 0 Å². The molecule has 0 unspecified atom stereocenters. The van der Waals surface area contributed by atoms with Crippen LogP contribution in [-0.4, -0.2) is 29.6 Å². The van der Waals surface area contributed by atoms with Gasteiger partial charge in [-0.15, -0.1) is 0 Å². The van der Waals surface area contributed by atoms with E-state index in [1.165, 1.54) is 0 Å². The Labute approximate surface area is 143 Å². The predicted molar refractivity (Wildman–Crippen MR) is 88.4 cm³/mol. The summed E-state index contributed by atoms with van der Waals surface area (Å²) in [4.78, 5) is 25.2. The highest BCUT2D eigenvalue weighted by atomic mass is 19.1. The van der Waals surface area contributed by atoms with Crippen molar-refractivity contribution < 1.29 is 18.4 Å². The molecule has 0 bridgehead atoms. The van der Waals surface area contributed by atoms with Crippen molar-refractivity contribution in [3.8, 4) is 0 Å². The minimum absolute atomic E-state index is 0.115. The summed E-state index contributed by atoms with van der Waals surface area (Å²) < 4.78 is 30.0. The van der Waals surface area contributed by atoms with Crippen LogP contribution in [0.5, 0.6) is 0 Å². The van der Waals surface area contributed by atoms with E-state index in [-0.39, 0.29) is 24.3 Å². The van der Waals surface area contributed by atoms with Crippen LogP contribution in [0.3, 0.4) is 0 Å². The van der Waals surface area contributed by atoms with Crippen molar-refractivity contribution in [1.82, 2.24) is 15.2 Å². The number of carbonyl (C=O) groups is 2. The van der Waals surface area contributed by atoms with E-state index in [9.17, 15) is 18.4 Å². The molecule has 0 radical (unpaired) electrons. The third kappa shape index (κ3) is 3.19. The molecule has 3 rings (SSSR count). The number of carbonyl (C=O) groups excluding carboxylic acids is 2. The number of halogens is 2. The predicted octanol–water partition coefficient (Wildman–Crippen LogP) is 2.07. The lowest BCUT2D eigenvalue weighted by atomic mass is 10.1. The summed E-state index contributed by atoms with van der Waals surface area (Å²) in [5.41, 5.74) is 1.46. The SMILES string of the molecule is Cc1ccc(CNC(=O)c2cc(N3CCNC3=O)c(F)cc2F)n1C. The van der Waals surface area contributed by atoms with Crippen LogP contribution in [0.1, 0.15) is 21.7 Å². The highest BCUT2D eigenvalue weighted by Gasteiger charge is 2.26. The highest BCUT2D eigenvalue weighted by molar-refractivity contribution is 5.98. The number of rotatable bonds is 4. The van der Waals surface area contributed by atoms with Gasteiger partial charge in [0.2, 0.25) is 0 Å².